The molecule has 8 nitrogen and oxygen atoms in total. The Bertz CT molecular complexity index is 801. The number of hydrogen-bond acceptors (Lipinski definition) is 7. The molecule has 0 bridgehead atoms. The summed E-state index contributed by atoms with van der Waals surface area (Å²) in [6, 6.07) is 6.74. The molecular weight excluding hydrogens is 384 g/mol. The number of benzene rings is 1. The molecule has 1 aromatic heterocycles. The number of halogens is 1. The highest BCUT2D eigenvalue weighted by molar-refractivity contribution is 5.99. The van der Waals surface area contributed by atoms with Crippen LogP contribution < -0.4 is 15.8 Å². The number of aryl methyl sites for hydroxylation is 1. The van der Waals surface area contributed by atoms with Crippen molar-refractivity contribution in [2.24, 2.45) is 5.73 Å². The second kappa shape index (κ2) is 9.66. The van der Waals surface area contributed by atoms with Crippen LogP contribution in [0.2, 0.25) is 0 Å². The van der Waals surface area contributed by atoms with Gasteiger partial charge in [-0.15, -0.1) is 12.4 Å². The van der Waals surface area contributed by atoms with Gasteiger partial charge < -0.3 is 20.3 Å². The van der Waals surface area contributed by atoms with Crippen LogP contribution in [-0.4, -0.2) is 35.5 Å². The van der Waals surface area contributed by atoms with Gasteiger partial charge in [-0.2, -0.15) is 4.98 Å². The summed E-state index contributed by atoms with van der Waals surface area (Å²) in [6.45, 7) is -0.0633. The van der Waals surface area contributed by atoms with Crippen LogP contribution in [0.15, 0.2) is 28.8 Å². The summed E-state index contributed by atoms with van der Waals surface area (Å²) in [5.41, 5.74) is 6.31. The maximum atomic E-state index is 12.1. The molecule has 9 heteroatoms. The number of nitrogens with two attached hydrogens (primary N) is 1. The lowest BCUT2D eigenvalue weighted by atomic mass is 9.99. The van der Waals surface area contributed by atoms with Gasteiger partial charge in [0.05, 0.1) is 19.2 Å². The van der Waals surface area contributed by atoms with E-state index in [1.807, 2.05) is 0 Å². The van der Waals surface area contributed by atoms with Crippen molar-refractivity contribution in [1.29, 1.82) is 0 Å². The minimum Gasteiger partial charge on any atom is -0.497 e. The van der Waals surface area contributed by atoms with Crippen molar-refractivity contribution < 1.29 is 18.8 Å². The quantitative estimate of drug-likeness (QED) is 0.642. The third-order valence-electron chi connectivity index (χ3n) is 4.83. The van der Waals surface area contributed by atoms with E-state index in [9.17, 15) is 9.59 Å². The lowest BCUT2D eigenvalue weighted by Crippen LogP contribution is -2.34. The van der Waals surface area contributed by atoms with Gasteiger partial charge in [0.1, 0.15) is 5.75 Å². The number of Topliss-reactive ketones (excluding diaryl/α,β-unsaturated/α-hetero) is 1. The second-order valence-electron chi connectivity index (χ2n) is 6.80. The van der Waals surface area contributed by atoms with E-state index in [1.54, 1.807) is 31.4 Å². The van der Waals surface area contributed by atoms with E-state index < -0.39 is 5.54 Å². The highest BCUT2D eigenvalue weighted by atomic mass is 35.5. The number of carbonyl (C=O) groups is 2. The van der Waals surface area contributed by atoms with Crippen LogP contribution in [0.3, 0.4) is 0 Å². The van der Waals surface area contributed by atoms with Crippen molar-refractivity contribution in [3.63, 3.8) is 0 Å². The Morgan fingerprint density at radius 1 is 1.25 bits per heavy atom. The number of amides is 1. The Hall–Kier alpha value is -2.45. The number of carbonyl (C=O) groups excluding carboxylic acids is 2. The van der Waals surface area contributed by atoms with Gasteiger partial charge in [0.15, 0.2) is 11.6 Å². The van der Waals surface area contributed by atoms with E-state index in [0.717, 1.165) is 25.7 Å². The summed E-state index contributed by atoms with van der Waals surface area (Å²) in [5.74, 6) is 1.16. The minimum absolute atomic E-state index is 0. The molecule has 0 aliphatic heterocycles. The van der Waals surface area contributed by atoms with Gasteiger partial charge in [0, 0.05) is 18.4 Å². The van der Waals surface area contributed by atoms with Crippen molar-refractivity contribution in [3.8, 4) is 5.75 Å². The first-order valence-electron chi connectivity index (χ1n) is 9.06. The molecule has 3 N–H and O–H groups in total. The normalized spacial score (nSPS) is 14.9. The van der Waals surface area contributed by atoms with Crippen LogP contribution in [0.25, 0.3) is 0 Å². The first kappa shape index (κ1) is 21.8. The fourth-order valence-corrected chi connectivity index (χ4v) is 3.15. The molecule has 0 radical (unpaired) electrons. The van der Waals surface area contributed by atoms with E-state index in [2.05, 4.69) is 15.5 Å². The molecule has 1 aromatic carbocycles. The number of ketones is 1. The third kappa shape index (κ3) is 5.30. The van der Waals surface area contributed by atoms with Crippen molar-refractivity contribution in [1.82, 2.24) is 15.5 Å². The average molecular weight is 409 g/mol. The highest BCUT2D eigenvalue weighted by Crippen LogP contribution is 2.34. The molecule has 3 rings (SSSR count). The molecule has 1 aliphatic carbocycles. The topological polar surface area (TPSA) is 120 Å². The number of aromatic nitrogens is 2. The van der Waals surface area contributed by atoms with Gasteiger partial charge in [-0.25, -0.2) is 0 Å². The summed E-state index contributed by atoms with van der Waals surface area (Å²) in [6.07, 6.45) is 4.29. The van der Waals surface area contributed by atoms with Crippen molar-refractivity contribution >= 4 is 24.1 Å². The van der Waals surface area contributed by atoms with Crippen LogP contribution in [0.4, 0.5) is 0 Å². The highest BCUT2D eigenvalue weighted by Gasteiger charge is 2.35. The number of rotatable bonds is 8. The molecule has 0 unspecified atom stereocenters. The maximum absolute atomic E-state index is 12.1. The van der Waals surface area contributed by atoms with Gasteiger partial charge in [-0.1, -0.05) is 18.0 Å². The van der Waals surface area contributed by atoms with Crippen LogP contribution in [0.1, 0.15) is 54.2 Å². The predicted octanol–water partition coefficient (Wildman–Crippen LogP) is 2.16. The zero-order valence-electron chi connectivity index (χ0n) is 15.8. The Kier molecular flexibility index (Phi) is 7.53. The zero-order valence-corrected chi connectivity index (χ0v) is 16.6. The Morgan fingerprint density at radius 2 is 1.93 bits per heavy atom. The Morgan fingerprint density at radius 3 is 2.57 bits per heavy atom. The molecule has 0 spiro atoms. The van der Waals surface area contributed by atoms with Crippen molar-refractivity contribution in [2.45, 2.75) is 44.1 Å². The molecule has 2 aromatic rings. The van der Waals surface area contributed by atoms with E-state index in [1.165, 1.54) is 0 Å². The summed E-state index contributed by atoms with van der Waals surface area (Å²) in [5, 5.41) is 6.58. The number of methoxy groups -OCH3 is 1. The fourth-order valence-electron chi connectivity index (χ4n) is 3.15. The van der Waals surface area contributed by atoms with Gasteiger partial charge in [0.25, 0.3) is 0 Å². The smallest absolute Gasteiger partial charge is 0.227 e. The number of nitrogens with one attached hydrogen (secondary N) is 1. The maximum Gasteiger partial charge on any atom is 0.227 e. The van der Waals surface area contributed by atoms with Gasteiger partial charge in [-0.05, 0) is 37.1 Å². The lowest BCUT2D eigenvalue weighted by Gasteiger charge is -2.17. The van der Waals surface area contributed by atoms with Gasteiger partial charge in [-0.3, -0.25) is 9.59 Å². The third-order valence-corrected chi connectivity index (χ3v) is 4.83. The Labute approximate surface area is 169 Å². The molecule has 1 saturated carbocycles. The largest absolute Gasteiger partial charge is 0.497 e. The summed E-state index contributed by atoms with van der Waals surface area (Å²) in [7, 11) is 1.56. The van der Waals surface area contributed by atoms with Crippen LogP contribution in [0.5, 0.6) is 5.75 Å². The second-order valence-corrected chi connectivity index (χ2v) is 6.80. The monoisotopic (exact) mass is 408 g/mol. The molecule has 0 atom stereocenters. The van der Waals surface area contributed by atoms with E-state index in [-0.39, 0.29) is 37.1 Å². The molecule has 1 heterocycles. The number of ether oxygens (including phenoxy) is 1. The van der Waals surface area contributed by atoms with Crippen LogP contribution in [0, 0.1) is 0 Å². The number of nitrogens with zero attached hydrogens (tertiary/aromatic N) is 2. The van der Waals surface area contributed by atoms with Crippen LogP contribution >= 0.6 is 12.4 Å². The van der Waals surface area contributed by atoms with Crippen molar-refractivity contribution in [2.75, 3.05) is 13.7 Å². The van der Waals surface area contributed by atoms with E-state index in [4.69, 9.17) is 15.0 Å². The SMILES string of the molecule is COc1ccc(C(=O)CNC(=O)CCc2nc(C3(N)CCCC3)no2)cc1.Cl. The zero-order chi connectivity index (χ0) is 19.3. The van der Waals surface area contributed by atoms with Gasteiger partial charge in [0.2, 0.25) is 11.8 Å². The molecule has 1 aliphatic rings. The average Bonchev–Trinajstić information content (AvgIpc) is 3.34. The predicted molar refractivity (Wildman–Crippen MR) is 105 cm³/mol. The lowest BCUT2D eigenvalue weighted by molar-refractivity contribution is -0.120. The Balaban J connectivity index is 0.00000280. The summed E-state index contributed by atoms with van der Waals surface area (Å²) in [4.78, 5) is 28.4. The first-order chi connectivity index (χ1) is 13.0. The molecule has 1 amide bonds. The standard InChI is InChI=1S/C19H24N4O4.ClH/c1-26-14-6-4-13(5-7-14)15(24)12-21-16(25)8-9-17-22-18(23-27-17)19(20)10-2-3-11-19;/h4-7H,2-3,8-12,20H2,1H3,(H,21,25);1H. The van der Waals surface area contributed by atoms with Gasteiger partial charge >= 0.3 is 0 Å². The first-order valence-corrected chi connectivity index (χ1v) is 9.06. The van der Waals surface area contributed by atoms with E-state index >= 15 is 0 Å². The number of hydrogen-bond donors (Lipinski definition) is 2. The van der Waals surface area contributed by atoms with Crippen LogP contribution in [-0.2, 0) is 16.8 Å². The molecular formula is C19H25ClN4O4. The molecule has 152 valence electrons. The summed E-state index contributed by atoms with van der Waals surface area (Å²) >= 11 is 0. The fraction of sp³-hybridized carbons (Fsp3) is 0.474. The minimum atomic E-state index is -0.505. The molecule has 1 fully saturated rings. The van der Waals surface area contributed by atoms with Crippen molar-refractivity contribution in [3.05, 3.63) is 41.5 Å². The molecule has 0 saturated heterocycles. The van der Waals surface area contributed by atoms with E-state index in [0.29, 0.717) is 29.4 Å². The molecule has 28 heavy (non-hydrogen) atoms. The summed E-state index contributed by atoms with van der Waals surface area (Å²) < 4.78 is 10.3.